The fourth-order valence-electron chi connectivity index (χ4n) is 5.19. The number of aliphatic hydroxyl groups is 1. The molecule has 2 fully saturated rings. The first kappa shape index (κ1) is 24.6. The van der Waals surface area contributed by atoms with Crippen molar-refractivity contribution in [1.82, 2.24) is 24.4 Å². The number of alkyl halides is 2. The molecule has 5 rings (SSSR count). The average Bonchev–Trinajstić information content (AvgIpc) is 3.47. The normalized spacial score (nSPS) is 25.0. The number of hydrogen-bond acceptors (Lipinski definition) is 7. The van der Waals surface area contributed by atoms with E-state index in [2.05, 4.69) is 25.4 Å². The van der Waals surface area contributed by atoms with E-state index in [1.54, 1.807) is 6.20 Å². The molecule has 3 aromatic rings. The molecule has 1 aliphatic heterocycles. The number of aromatic nitrogens is 5. The average molecular weight is 504 g/mol. The van der Waals surface area contributed by atoms with Crippen molar-refractivity contribution in [1.29, 1.82) is 0 Å². The standard InChI is InChI=1S/C24H31F2N7O3/c1-14-10-31(11-15(2)36-14)20-7-8-32-23(29-20)18(9-27-32)24(35)28-19-12-33(30-21(19)22(25)26)17-5-3-16(13-34)4-6-17/h7-9,12,14-17,22,34H,3-6,10-11,13H2,1-2H3,(H,28,35)/t14-,15-,16?,17?/m0/s1. The summed E-state index contributed by atoms with van der Waals surface area (Å²) in [6.45, 7) is 5.46. The highest BCUT2D eigenvalue weighted by atomic mass is 19.3. The van der Waals surface area contributed by atoms with Gasteiger partial charge in [0.15, 0.2) is 11.3 Å². The minimum absolute atomic E-state index is 0.0226. The third-order valence-corrected chi connectivity index (χ3v) is 7.01. The Hall–Kier alpha value is -3.12. The van der Waals surface area contributed by atoms with Gasteiger partial charge in [0.05, 0.1) is 30.1 Å². The van der Waals surface area contributed by atoms with Crippen molar-refractivity contribution in [3.05, 3.63) is 35.9 Å². The van der Waals surface area contributed by atoms with Crippen molar-refractivity contribution in [2.75, 3.05) is 29.9 Å². The molecule has 2 N–H and O–H groups in total. The molecular formula is C24H31F2N7O3. The number of amides is 1. The number of halogens is 2. The van der Waals surface area contributed by atoms with Crippen LogP contribution in [0.3, 0.4) is 0 Å². The molecule has 2 aliphatic rings. The van der Waals surface area contributed by atoms with Crippen molar-refractivity contribution in [2.24, 2.45) is 5.92 Å². The van der Waals surface area contributed by atoms with Crippen LogP contribution in [0.1, 0.15) is 68.0 Å². The summed E-state index contributed by atoms with van der Waals surface area (Å²) < 4.78 is 36.4. The molecular weight excluding hydrogens is 472 g/mol. The third-order valence-electron chi connectivity index (χ3n) is 7.01. The number of nitrogens with zero attached hydrogens (tertiary/aromatic N) is 6. The summed E-state index contributed by atoms with van der Waals surface area (Å²) in [7, 11) is 0. The number of hydrogen-bond donors (Lipinski definition) is 2. The maximum Gasteiger partial charge on any atom is 0.284 e. The van der Waals surface area contributed by atoms with Crippen molar-refractivity contribution in [3.8, 4) is 0 Å². The smallest absolute Gasteiger partial charge is 0.284 e. The van der Waals surface area contributed by atoms with Gasteiger partial charge in [0.25, 0.3) is 12.3 Å². The molecule has 0 bridgehead atoms. The lowest BCUT2D eigenvalue weighted by Crippen LogP contribution is -2.45. The summed E-state index contributed by atoms with van der Waals surface area (Å²) in [6, 6.07) is 1.78. The first-order valence-corrected chi connectivity index (χ1v) is 12.4. The summed E-state index contributed by atoms with van der Waals surface area (Å²) in [5.41, 5.74) is 0.0346. The molecule has 2 atom stereocenters. The fraction of sp³-hybridized carbons (Fsp3) is 0.583. The van der Waals surface area contributed by atoms with E-state index in [0.29, 0.717) is 24.6 Å². The predicted molar refractivity (Wildman–Crippen MR) is 128 cm³/mol. The molecule has 3 aromatic heterocycles. The molecule has 1 saturated heterocycles. The number of fused-ring (bicyclic) bond motifs is 1. The second-order valence-electron chi connectivity index (χ2n) is 9.79. The molecule has 1 saturated carbocycles. The summed E-state index contributed by atoms with van der Waals surface area (Å²) in [5.74, 6) is 0.352. The monoisotopic (exact) mass is 503 g/mol. The molecule has 0 unspecified atom stereocenters. The van der Waals surface area contributed by atoms with Crippen LogP contribution >= 0.6 is 0 Å². The van der Waals surface area contributed by atoms with E-state index in [9.17, 15) is 18.7 Å². The van der Waals surface area contributed by atoms with Gasteiger partial charge in [-0.25, -0.2) is 18.3 Å². The second kappa shape index (κ2) is 10.1. The van der Waals surface area contributed by atoms with E-state index in [-0.39, 0.29) is 42.0 Å². The van der Waals surface area contributed by atoms with Crippen LogP contribution in [-0.2, 0) is 4.74 Å². The molecule has 10 nitrogen and oxygen atoms in total. The SMILES string of the molecule is C[C@H]1CN(c2ccn3ncc(C(=O)Nc4cn(C5CCC(CO)CC5)nc4C(F)F)c3n2)C[C@H](C)O1. The lowest BCUT2D eigenvalue weighted by Gasteiger charge is -2.36. The number of carbonyl (C=O) groups excluding carboxylic acids is 1. The summed E-state index contributed by atoms with van der Waals surface area (Å²) in [5, 5.41) is 20.3. The van der Waals surface area contributed by atoms with Crippen LogP contribution in [0, 0.1) is 5.92 Å². The number of rotatable bonds is 6. The first-order valence-electron chi connectivity index (χ1n) is 12.4. The quantitative estimate of drug-likeness (QED) is 0.530. The van der Waals surface area contributed by atoms with E-state index < -0.39 is 18.0 Å². The number of nitrogens with one attached hydrogen (secondary N) is 1. The van der Waals surface area contributed by atoms with E-state index in [1.165, 1.54) is 21.6 Å². The van der Waals surface area contributed by atoms with Crippen LogP contribution in [0.2, 0.25) is 0 Å². The van der Waals surface area contributed by atoms with Gasteiger partial charge in [-0.1, -0.05) is 0 Å². The first-order chi connectivity index (χ1) is 17.3. The van der Waals surface area contributed by atoms with Crippen molar-refractivity contribution >= 4 is 23.1 Å². The molecule has 4 heterocycles. The van der Waals surface area contributed by atoms with E-state index in [1.807, 2.05) is 19.9 Å². The van der Waals surface area contributed by atoms with Crippen LogP contribution in [0.5, 0.6) is 0 Å². The largest absolute Gasteiger partial charge is 0.396 e. The Bertz CT molecular complexity index is 1210. The Labute approximate surface area is 207 Å². The zero-order valence-corrected chi connectivity index (χ0v) is 20.3. The molecule has 0 aromatic carbocycles. The topological polar surface area (TPSA) is 110 Å². The van der Waals surface area contributed by atoms with Gasteiger partial charge >= 0.3 is 0 Å². The predicted octanol–water partition coefficient (Wildman–Crippen LogP) is 3.45. The Balaban J connectivity index is 1.38. The molecule has 12 heteroatoms. The zero-order chi connectivity index (χ0) is 25.4. The fourth-order valence-corrected chi connectivity index (χ4v) is 5.19. The van der Waals surface area contributed by atoms with Crippen molar-refractivity contribution in [3.63, 3.8) is 0 Å². The molecule has 36 heavy (non-hydrogen) atoms. The van der Waals surface area contributed by atoms with Gasteiger partial charge < -0.3 is 20.1 Å². The van der Waals surface area contributed by atoms with Gasteiger partial charge in [0, 0.05) is 32.1 Å². The highest BCUT2D eigenvalue weighted by Gasteiger charge is 2.28. The number of ether oxygens (including phenoxy) is 1. The van der Waals surface area contributed by atoms with Crippen LogP contribution < -0.4 is 10.2 Å². The van der Waals surface area contributed by atoms with E-state index in [0.717, 1.165) is 25.7 Å². The minimum Gasteiger partial charge on any atom is -0.396 e. The Kier molecular flexibility index (Phi) is 6.89. The van der Waals surface area contributed by atoms with Gasteiger partial charge in [0.2, 0.25) is 0 Å². The lowest BCUT2D eigenvalue weighted by molar-refractivity contribution is -0.00545. The van der Waals surface area contributed by atoms with Crippen molar-refractivity contribution < 1.29 is 23.4 Å². The number of aliphatic hydroxyl groups excluding tert-OH is 1. The van der Waals surface area contributed by atoms with Gasteiger partial charge in [-0.05, 0) is 51.5 Å². The van der Waals surface area contributed by atoms with Gasteiger partial charge in [-0.15, -0.1) is 0 Å². The third kappa shape index (κ3) is 4.92. The highest BCUT2D eigenvalue weighted by molar-refractivity contribution is 6.08. The lowest BCUT2D eigenvalue weighted by atomic mass is 9.87. The summed E-state index contributed by atoms with van der Waals surface area (Å²) in [4.78, 5) is 19.9. The van der Waals surface area contributed by atoms with Crippen LogP contribution in [0.15, 0.2) is 24.7 Å². The van der Waals surface area contributed by atoms with Gasteiger partial charge in [-0.2, -0.15) is 10.2 Å². The molecule has 194 valence electrons. The van der Waals surface area contributed by atoms with Crippen LogP contribution in [0.25, 0.3) is 5.65 Å². The molecule has 0 spiro atoms. The molecule has 0 radical (unpaired) electrons. The van der Waals surface area contributed by atoms with Gasteiger partial charge in [-0.3, -0.25) is 9.48 Å². The Morgan fingerprint density at radius 2 is 1.94 bits per heavy atom. The maximum absolute atomic E-state index is 13.8. The second-order valence-corrected chi connectivity index (χ2v) is 9.79. The van der Waals surface area contributed by atoms with E-state index >= 15 is 0 Å². The number of anilines is 2. The zero-order valence-electron chi connectivity index (χ0n) is 20.3. The molecule has 1 aliphatic carbocycles. The highest BCUT2D eigenvalue weighted by Crippen LogP contribution is 2.34. The minimum atomic E-state index is -2.84. The molecule has 1 amide bonds. The van der Waals surface area contributed by atoms with Crippen molar-refractivity contribution in [2.45, 2.75) is 64.2 Å². The summed E-state index contributed by atoms with van der Waals surface area (Å²) in [6.07, 6.45) is 4.93. The number of carbonyl (C=O) groups is 1. The Morgan fingerprint density at radius 1 is 1.22 bits per heavy atom. The van der Waals surface area contributed by atoms with Gasteiger partial charge in [0.1, 0.15) is 11.4 Å². The van der Waals surface area contributed by atoms with E-state index in [4.69, 9.17) is 4.74 Å². The Morgan fingerprint density at radius 3 is 2.61 bits per heavy atom. The summed E-state index contributed by atoms with van der Waals surface area (Å²) >= 11 is 0. The van der Waals surface area contributed by atoms with Crippen LogP contribution in [-0.4, -0.2) is 67.3 Å². The number of morpholine rings is 1. The van der Waals surface area contributed by atoms with Crippen LogP contribution in [0.4, 0.5) is 20.3 Å². The maximum atomic E-state index is 13.8.